The molecule has 0 spiro atoms. The molecular weight excluding hydrogens is 560 g/mol. The Labute approximate surface area is 257 Å². The first-order valence-electron chi connectivity index (χ1n) is 12.9. The Morgan fingerprint density at radius 3 is 2.00 bits per heavy atom. The summed E-state index contributed by atoms with van der Waals surface area (Å²) < 4.78 is 15.5. The molecule has 0 saturated carbocycles. The van der Waals surface area contributed by atoms with Crippen molar-refractivity contribution in [3.63, 3.8) is 0 Å². The largest absolute Gasteiger partial charge is 4.00 e. The molecule has 3 aromatic carbocycles. The Hall–Kier alpha value is -3.43. The van der Waals surface area contributed by atoms with Crippen LogP contribution in [0, 0.1) is 0 Å². The first-order valence-corrected chi connectivity index (χ1v) is 12.9. The minimum Gasteiger partial charge on any atom is -2.00 e. The van der Waals surface area contributed by atoms with E-state index in [0.29, 0.717) is 11.3 Å². The fraction of sp³-hybridized carbons (Fsp3) is 0.312. The minimum absolute atomic E-state index is 0. The summed E-state index contributed by atoms with van der Waals surface area (Å²) in [4.78, 5) is 23.9. The van der Waals surface area contributed by atoms with Gasteiger partial charge in [0, 0.05) is 17.7 Å². The topological polar surface area (TPSA) is 139 Å². The van der Waals surface area contributed by atoms with Gasteiger partial charge in [0.1, 0.15) is 23.4 Å². The number of rotatable bonds is 12. The summed E-state index contributed by atoms with van der Waals surface area (Å²) in [7, 11) is 3.14. The number of carbonyl (C=O) groups excluding carboxylic acids is 2. The quantitative estimate of drug-likeness (QED) is 0.0783. The van der Waals surface area contributed by atoms with Crippen LogP contribution in [0.25, 0.3) is 6.08 Å². The summed E-state index contributed by atoms with van der Waals surface area (Å²) in [6, 6.07) is 21.0. The van der Waals surface area contributed by atoms with Crippen LogP contribution in [-0.2, 0) is 42.2 Å². The van der Waals surface area contributed by atoms with Crippen LogP contribution in [0.2, 0.25) is 0 Å². The van der Waals surface area contributed by atoms with Crippen LogP contribution in [0.1, 0.15) is 67.4 Å². The van der Waals surface area contributed by atoms with Gasteiger partial charge < -0.3 is 30.3 Å². The van der Waals surface area contributed by atoms with Gasteiger partial charge in [0.25, 0.3) is 0 Å². The number of hydrogen-bond acceptors (Lipinski definition) is 6. The molecule has 3 rings (SSSR count). The third-order valence-corrected chi connectivity index (χ3v) is 5.88. The van der Waals surface area contributed by atoms with Gasteiger partial charge in [0.2, 0.25) is 0 Å². The van der Waals surface area contributed by atoms with Gasteiger partial charge in [0.05, 0.1) is 19.8 Å². The molecule has 0 aliphatic rings. The molecule has 9 heteroatoms. The Kier molecular flexibility index (Phi) is 21.6. The van der Waals surface area contributed by atoms with E-state index >= 15 is 0 Å². The zero-order valence-corrected chi connectivity index (χ0v) is 25.6. The SMILES string of the molecule is CCCCCC(CC)OC(=O)C=Cc1ccc(OC)cc1.COc1ccc(C(=O)c2ccccc2)c(O)c1.[O-2].[O-2].[Ti+4]. The van der Waals surface area contributed by atoms with E-state index < -0.39 is 0 Å². The van der Waals surface area contributed by atoms with Gasteiger partial charge >= 0.3 is 27.7 Å². The maximum atomic E-state index is 12.1. The monoisotopic (exact) mass is 598 g/mol. The second-order valence-corrected chi connectivity index (χ2v) is 8.65. The molecule has 218 valence electrons. The van der Waals surface area contributed by atoms with Crippen LogP contribution in [-0.4, -0.2) is 37.2 Å². The van der Waals surface area contributed by atoms with Gasteiger partial charge in [-0.1, -0.05) is 69.2 Å². The van der Waals surface area contributed by atoms with Crippen molar-refractivity contribution in [2.24, 2.45) is 0 Å². The molecule has 1 N–H and O–H groups in total. The Bertz CT molecular complexity index is 1160. The molecule has 0 heterocycles. The fourth-order valence-corrected chi connectivity index (χ4v) is 3.63. The number of ketones is 1. The molecule has 1 atom stereocenters. The minimum atomic E-state index is -0.269. The Balaban J connectivity index is 0. The molecule has 1 unspecified atom stereocenters. The molecule has 41 heavy (non-hydrogen) atoms. The van der Waals surface area contributed by atoms with Crippen LogP contribution in [0.5, 0.6) is 17.2 Å². The molecule has 0 aliphatic carbocycles. The van der Waals surface area contributed by atoms with Crippen molar-refractivity contribution < 1.29 is 61.6 Å². The molecular formula is C32H38O8Ti. The van der Waals surface area contributed by atoms with Crippen molar-refractivity contribution in [2.75, 3.05) is 14.2 Å². The van der Waals surface area contributed by atoms with Crippen molar-refractivity contribution in [1.82, 2.24) is 0 Å². The van der Waals surface area contributed by atoms with E-state index in [9.17, 15) is 14.7 Å². The number of carbonyl (C=O) groups is 2. The summed E-state index contributed by atoms with van der Waals surface area (Å²) in [5.74, 6) is 0.780. The molecule has 0 fully saturated rings. The van der Waals surface area contributed by atoms with Gasteiger partial charge in [0.15, 0.2) is 5.78 Å². The average Bonchev–Trinajstić information content (AvgIpc) is 2.96. The van der Waals surface area contributed by atoms with Crippen molar-refractivity contribution in [3.05, 3.63) is 95.6 Å². The average molecular weight is 599 g/mol. The van der Waals surface area contributed by atoms with E-state index in [0.717, 1.165) is 30.6 Å². The third kappa shape index (κ3) is 14.2. The number of phenols is 1. The van der Waals surface area contributed by atoms with Crippen molar-refractivity contribution >= 4 is 17.8 Å². The number of ether oxygens (including phenoxy) is 3. The van der Waals surface area contributed by atoms with E-state index in [4.69, 9.17) is 14.2 Å². The molecule has 0 aromatic heterocycles. The summed E-state index contributed by atoms with van der Waals surface area (Å²) in [5.41, 5.74) is 1.77. The third-order valence-electron chi connectivity index (χ3n) is 5.88. The predicted octanol–water partition coefficient (Wildman–Crippen LogP) is 7.00. The van der Waals surface area contributed by atoms with E-state index in [2.05, 4.69) is 13.8 Å². The van der Waals surface area contributed by atoms with Crippen LogP contribution < -0.4 is 9.47 Å². The smallest absolute Gasteiger partial charge is 2.00 e. The van der Waals surface area contributed by atoms with Gasteiger partial charge in [-0.15, -0.1) is 0 Å². The van der Waals surface area contributed by atoms with E-state index in [1.807, 2.05) is 30.3 Å². The van der Waals surface area contributed by atoms with Crippen molar-refractivity contribution in [2.45, 2.75) is 52.1 Å². The molecule has 0 saturated heterocycles. The molecule has 0 radical (unpaired) electrons. The normalized spacial score (nSPS) is 10.4. The number of methoxy groups -OCH3 is 2. The fourth-order valence-electron chi connectivity index (χ4n) is 3.63. The summed E-state index contributed by atoms with van der Waals surface area (Å²) >= 11 is 0. The van der Waals surface area contributed by atoms with E-state index in [-0.39, 0.29) is 61.8 Å². The first kappa shape index (κ1) is 39.7. The molecule has 8 nitrogen and oxygen atoms in total. The second kappa shape index (κ2) is 22.3. The Morgan fingerprint density at radius 2 is 1.46 bits per heavy atom. The number of phenolic OH excluding ortho intramolecular Hbond substituents is 1. The number of hydrogen-bond donors (Lipinski definition) is 1. The van der Waals surface area contributed by atoms with Gasteiger partial charge in [-0.2, -0.15) is 0 Å². The standard InChI is InChI=1S/C18H26O3.C14H12O3.2O.Ti/c1-4-6-7-8-16(5-2)21-18(19)14-11-15-9-12-17(20-3)13-10-15;1-17-11-7-8-12(13(15)9-11)14(16)10-5-3-2-4-6-10;;;/h9-14,16H,4-8H2,1-3H3;2-9,15H,1H3;;;/q;;2*-2;+4. The van der Waals surface area contributed by atoms with Gasteiger partial charge in [-0.25, -0.2) is 4.79 Å². The summed E-state index contributed by atoms with van der Waals surface area (Å²) in [5, 5.41) is 9.75. The van der Waals surface area contributed by atoms with E-state index in [1.54, 1.807) is 49.6 Å². The van der Waals surface area contributed by atoms with Crippen molar-refractivity contribution in [1.29, 1.82) is 0 Å². The van der Waals surface area contributed by atoms with Crippen LogP contribution in [0.15, 0.2) is 78.9 Å². The zero-order valence-electron chi connectivity index (χ0n) is 24.0. The first-order chi connectivity index (χ1) is 18.4. The van der Waals surface area contributed by atoms with Crippen LogP contribution in [0.4, 0.5) is 0 Å². The number of aromatic hydroxyl groups is 1. The summed E-state index contributed by atoms with van der Waals surface area (Å²) in [6.45, 7) is 4.22. The van der Waals surface area contributed by atoms with Crippen molar-refractivity contribution in [3.8, 4) is 17.2 Å². The van der Waals surface area contributed by atoms with Gasteiger partial charge in [-0.05, 0) is 55.2 Å². The van der Waals surface area contributed by atoms with Crippen LogP contribution >= 0.6 is 0 Å². The second-order valence-electron chi connectivity index (χ2n) is 8.65. The maximum absolute atomic E-state index is 12.1. The van der Waals surface area contributed by atoms with Gasteiger partial charge in [-0.3, -0.25) is 4.79 Å². The molecule has 0 bridgehead atoms. The van der Waals surface area contributed by atoms with E-state index in [1.165, 1.54) is 32.1 Å². The number of esters is 1. The number of unbranched alkanes of at least 4 members (excludes halogenated alkanes) is 2. The maximum Gasteiger partial charge on any atom is 4.00 e. The zero-order chi connectivity index (χ0) is 27.8. The Morgan fingerprint density at radius 1 is 0.854 bits per heavy atom. The molecule has 0 amide bonds. The molecule has 0 aliphatic heterocycles. The molecule has 3 aromatic rings. The van der Waals surface area contributed by atoms with Crippen LogP contribution in [0.3, 0.4) is 0 Å². The summed E-state index contributed by atoms with van der Waals surface area (Å²) in [6.07, 6.45) is 8.59. The number of benzene rings is 3. The predicted molar refractivity (Wildman–Crippen MR) is 152 cm³/mol.